The minimum absolute atomic E-state index is 0.0352. The maximum atomic E-state index is 12.0. The van der Waals surface area contributed by atoms with Gasteiger partial charge in [0.1, 0.15) is 5.69 Å². The maximum Gasteiger partial charge on any atom is 0.312 e. The van der Waals surface area contributed by atoms with Gasteiger partial charge in [-0.1, -0.05) is 55.4 Å². The molecule has 0 saturated carbocycles. The van der Waals surface area contributed by atoms with Gasteiger partial charge in [-0.3, -0.25) is 9.59 Å². The molecule has 0 radical (unpaired) electrons. The van der Waals surface area contributed by atoms with Gasteiger partial charge in [-0.2, -0.15) is 0 Å². The first-order valence-corrected chi connectivity index (χ1v) is 9.37. The average Bonchev–Trinajstić information content (AvgIpc) is 3.10. The van der Waals surface area contributed by atoms with Crippen LogP contribution in [0.2, 0.25) is 0 Å². The van der Waals surface area contributed by atoms with Gasteiger partial charge in [-0.15, -0.1) is 0 Å². The molecule has 0 unspecified atom stereocenters. The molecule has 1 amide bonds. The number of carbonyl (C=O) groups is 2. The lowest BCUT2D eigenvalue weighted by atomic mass is 10.0. The Morgan fingerprint density at radius 3 is 2.61 bits per heavy atom. The second-order valence-electron chi connectivity index (χ2n) is 6.96. The van der Waals surface area contributed by atoms with Crippen LogP contribution in [0.4, 0.5) is 0 Å². The Morgan fingerprint density at radius 2 is 1.86 bits per heavy atom. The molecule has 1 heterocycles. The standard InChI is InChI=1S/C22H24N2O4/c1-15(2)17-9-7-16(8-10-17)11-12-23-21(25)14-27-22(26)13-19-18-5-3-4-6-20(18)28-24-19/h3-10,15H,11-14H2,1-2H3,(H,23,25). The van der Waals surface area contributed by atoms with Crippen molar-refractivity contribution in [3.63, 3.8) is 0 Å². The van der Waals surface area contributed by atoms with Crippen molar-refractivity contribution in [1.82, 2.24) is 10.5 Å². The van der Waals surface area contributed by atoms with Gasteiger partial charge in [0.2, 0.25) is 0 Å². The summed E-state index contributed by atoms with van der Waals surface area (Å²) in [5.41, 5.74) is 3.56. The van der Waals surface area contributed by atoms with Gasteiger partial charge >= 0.3 is 5.97 Å². The predicted molar refractivity (Wildman–Crippen MR) is 106 cm³/mol. The quantitative estimate of drug-likeness (QED) is 0.606. The molecule has 0 aliphatic rings. The van der Waals surface area contributed by atoms with E-state index in [0.29, 0.717) is 23.7 Å². The van der Waals surface area contributed by atoms with Gasteiger partial charge < -0.3 is 14.6 Å². The fraction of sp³-hybridized carbons (Fsp3) is 0.318. The van der Waals surface area contributed by atoms with Crippen molar-refractivity contribution in [1.29, 1.82) is 0 Å². The third-order valence-corrected chi connectivity index (χ3v) is 4.51. The van der Waals surface area contributed by atoms with E-state index in [1.165, 1.54) is 5.56 Å². The van der Waals surface area contributed by atoms with Crippen molar-refractivity contribution in [2.75, 3.05) is 13.2 Å². The number of esters is 1. The lowest BCUT2D eigenvalue weighted by Crippen LogP contribution is -2.30. The normalized spacial score (nSPS) is 11.0. The Balaban J connectivity index is 1.38. The third kappa shape index (κ3) is 5.19. The molecule has 0 bridgehead atoms. The van der Waals surface area contributed by atoms with Crippen LogP contribution in [-0.4, -0.2) is 30.2 Å². The van der Waals surface area contributed by atoms with Crippen molar-refractivity contribution >= 4 is 22.8 Å². The highest BCUT2D eigenvalue weighted by Crippen LogP contribution is 2.18. The van der Waals surface area contributed by atoms with Gasteiger partial charge in [0, 0.05) is 11.9 Å². The number of rotatable bonds is 8. The molecule has 0 atom stereocenters. The van der Waals surface area contributed by atoms with Gasteiger partial charge in [0.05, 0.1) is 6.42 Å². The van der Waals surface area contributed by atoms with E-state index in [-0.39, 0.29) is 18.9 Å². The van der Waals surface area contributed by atoms with Crippen LogP contribution in [0.3, 0.4) is 0 Å². The van der Waals surface area contributed by atoms with Crippen molar-refractivity contribution in [3.05, 3.63) is 65.4 Å². The Hall–Kier alpha value is -3.15. The molecular formula is C22H24N2O4. The molecule has 0 spiro atoms. The highest BCUT2D eigenvalue weighted by Gasteiger charge is 2.14. The molecule has 6 heteroatoms. The first kappa shape index (κ1) is 19.6. The zero-order valence-corrected chi connectivity index (χ0v) is 16.1. The van der Waals surface area contributed by atoms with Gasteiger partial charge in [-0.05, 0) is 35.6 Å². The fourth-order valence-corrected chi connectivity index (χ4v) is 2.87. The number of nitrogens with zero attached hydrogens (tertiary/aromatic N) is 1. The van der Waals surface area contributed by atoms with Crippen LogP contribution in [0.25, 0.3) is 11.0 Å². The maximum absolute atomic E-state index is 12.0. The van der Waals surface area contributed by atoms with E-state index in [9.17, 15) is 9.59 Å². The molecule has 0 aliphatic heterocycles. The van der Waals surface area contributed by atoms with Crippen LogP contribution in [-0.2, 0) is 27.2 Å². The van der Waals surface area contributed by atoms with Crippen molar-refractivity contribution < 1.29 is 18.8 Å². The molecule has 0 fully saturated rings. The topological polar surface area (TPSA) is 81.4 Å². The Bertz CT molecular complexity index is 945. The van der Waals surface area contributed by atoms with E-state index >= 15 is 0 Å². The van der Waals surface area contributed by atoms with Gasteiger partial charge in [0.15, 0.2) is 12.2 Å². The molecule has 0 saturated heterocycles. The van der Waals surface area contributed by atoms with E-state index in [4.69, 9.17) is 9.26 Å². The number of hydrogen-bond acceptors (Lipinski definition) is 5. The smallest absolute Gasteiger partial charge is 0.312 e. The zero-order valence-electron chi connectivity index (χ0n) is 16.1. The minimum atomic E-state index is -0.515. The molecular weight excluding hydrogens is 356 g/mol. The van der Waals surface area contributed by atoms with Crippen LogP contribution in [0, 0.1) is 0 Å². The number of para-hydroxylation sites is 1. The fourth-order valence-electron chi connectivity index (χ4n) is 2.87. The first-order valence-electron chi connectivity index (χ1n) is 9.37. The van der Waals surface area contributed by atoms with Crippen LogP contribution in [0.5, 0.6) is 0 Å². The summed E-state index contributed by atoms with van der Waals surface area (Å²) in [4.78, 5) is 23.8. The number of aromatic nitrogens is 1. The second-order valence-corrected chi connectivity index (χ2v) is 6.96. The summed E-state index contributed by atoms with van der Waals surface area (Å²) in [5.74, 6) is -0.339. The van der Waals surface area contributed by atoms with Crippen molar-refractivity contribution in [2.45, 2.75) is 32.6 Å². The summed E-state index contributed by atoms with van der Waals surface area (Å²) in [7, 11) is 0. The molecule has 0 aliphatic carbocycles. The van der Waals surface area contributed by atoms with E-state index < -0.39 is 5.97 Å². The zero-order chi connectivity index (χ0) is 19.9. The highest BCUT2D eigenvalue weighted by atomic mass is 16.5. The van der Waals surface area contributed by atoms with Gasteiger partial charge in [0.25, 0.3) is 5.91 Å². The lowest BCUT2D eigenvalue weighted by Gasteiger charge is -2.08. The molecule has 1 N–H and O–H groups in total. The number of ether oxygens (including phenoxy) is 1. The summed E-state index contributed by atoms with van der Waals surface area (Å²) < 4.78 is 10.2. The average molecular weight is 380 g/mol. The number of benzene rings is 2. The Labute approximate surface area is 163 Å². The summed E-state index contributed by atoms with van der Waals surface area (Å²) in [6.07, 6.45) is 0.690. The van der Waals surface area contributed by atoms with E-state index in [1.807, 2.05) is 18.2 Å². The number of amides is 1. The van der Waals surface area contributed by atoms with E-state index in [2.05, 4.69) is 48.6 Å². The number of fused-ring (bicyclic) bond motifs is 1. The molecule has 1 aromatic heterocycles. The number of hydrogen-bond donors (Lipinski definition) is 1. The largest absolute Gasteiger partial charge is 0.455 e. The third-order valence-electron chi connectivity index (χ3n) is 4.51. The van der Waals surface area contributed by atoms with Crippen LogP contribution in [0.1, 0.15) is 36.6 Å². The molecule has 6 nitrogen and oxygen atoms in total. The Kier molecular flexibility index (Phi) is 6.42. The lowest BCUT2D eigenvalue weighted by molar-refractivity contribution is -0.147. The van der Waals surface area contributed by atoms with E-state index in [1.54, 1.807) is 6.07 Å². The highest BCUT2D eigenvalue weighted by molar-refractivity contribution is 5.85. The summed E-state index contributed by atoms with van der Waals surface area (Å²) in [6.45, 7) is 4.50. The summed E-state index contributed by atoms with van der Waals surface area (Å²) in [6, 6.07) is 15.6. The number of carbonyl (C=O) groups excluding carboxylic acids is 2. The van der Waals surface area contributed by atoms with Crippen LogP contribution in [0.15, 0.2) is 53.1 Å². The SMILES string of the molecule is CC(C)c1ccc(CCNC(=O)COC(=O)Cc2noc3ccccc23)cc1. The molecule has 28 heavy (non-hydrogen) atoms. The monoisotopic (exact) mass is 380 g/mol. The van der Waals surface area contributed by atoms with Crippen molar-refractivity contribution in [3.8, 4) is 0 Å². The minimum Gasteiger partial charge on any atom is -0.455 e. The molecule has 2 aromatic carbocycles. The summed E-state index contributed by atoms with van der Waals surface area (Å²) in [5, 5.41) is 7.42. The molecule has 3 aromatic rings. The molecule has 146 valence electrons. The molecule has 3 rings (SSSR count). The summed E-state index contributed by atoms with van der Waals surface area (Å²) >= 11 is 0. The predicted octanol–water partition coefficient (Wildman–Crippen LogP) is 3.40. The van der Waals surface area contributed by atoms with Gasteiger partial charge in [-0.25, -0.2) is 0 Å². The first-order chi connectivity index (χ1) is 13.5. The van der Waals surface area contributed by atoms with Crippen LogP contribution >= 0.6 is 0 Å². The number of nitrogens with one attached hydrogen (secondary N) is 1. The van der Waals surface area contributed by atoms with Crippen molar-refractivity contribution in [2.24, 2.45) is 0 Å². The van der Waals surface area contributed by atoms with Crippen LogP contribution < -0.4 is 5.32 Å². The Morgan fingerprint density at radius 1 is 1.11 bits per heavy atom. The second kappa shape index (κ2) is 9.17. The van der Waals surface area contributed by atoms with E-state index in [0.717, 1.165) is 17.4 Å².